The third-order valence-corrected chi connectivity index (χ3v) is 3.78. The lowest BCUT2D eigenvalue weighted by Gasteiger charge is -2.10. The highest BCUT2D eigenvalue weighted by molar-refractivity contribution is 7.98. The molecule has 0 spiro atoms. The molecule has 2 N–H and O–H groups in total. The van der Waals surface area contributed by atoms with Crippen molar-refractivity contribution < 1.29 is 0 Å². The molecule has 0 amide bonds. The number of para-hydroxylation sites is 1. The van der Waals surface area contributed by atoms with Gasteiger partial charge >= 0.3 is 0 Å². The van der Waals surface area contributed by atoms with Crippen molar-refractivity contribution in [1.29, 1.82) is 0 Å². The Bertz CT molecular complexity index is 748. The van der Waals surface area contributed by atoms with Crippen LogP contribution >= 0.6 is 11.8 Å². The summed E-state index contributed by atoms with van der Waals surface area (Å²) in [5.74, 6) is 0.467. The van der Waals surface area contributed by atoms with Crippen LogP contribution in [0.25, 0.3) is 16.9 Å². The van der Waals surface area contributed by atoms with E-state index in [-0.39, 0.29) is 0 Å². The van der Waals surface area contributed by atoms with Gasteiger partial charge in [0, 0.05) is 10.6 Å². The van der Waals surface area contributed by atoms with Crippen molar-refractivity contribution in [3.8, 4) is 5.69 Å². The van der Waals surface area contributed by atoms with Gasteiger partial charge in [0.1, 0.15) is 5.52 Å². The van der Waals surface area contributed by atoms with Crippen LogP contribution < -0.4 is 5.73 Å². The van der Waals surface area contributed by atoms with E-state index in [0.717, 1.165) is 27.4 Å². The number of pyridine rings is 1. The molecule has 0 aliphatic rings. The number of anilines is 1. The predicted octanol–water partition coefficient (Wildman–Crippen LogP) is 3.03. The first kappa shape index (κ1) is 12.0. The first-order valence-electron chi connectivity index (χ1n) is 5.95. The van der Waals surface area contributed by atoms with Gasteiger partial charge in [-0.15, -0.1) is 11.8 Å². The molecular formula is C14H14N4S. The van der Waals surface area contributed by atoms with Gasteiger partial charge in [-0.05, 0) is 37.4 Å². The summed E-state index contributed by atoms with van der Waals surface area (Å²) in [4.78, 5) is 10.1. The second kappa shape index (κ2) is 4.59. The topological polar surface area (TPSA) is 56.7 Å². The van der Waals surface area contributed by atoms with Crippen molar-refractivity contribution in [2.45, 2.75) is 11.8 Å². The minimum atomic E-state index is 0.467. The zero-order valence-corrected chi connectivity index (χ0v) is 11.6. The lowest BCUT2D eigenvalue weighted by molar-refractivity contribution is 1.04. The molecule has 96 valence electrons. The third kappa shape index (κ3) is 1.96. The summed E-state index contributed by atoms with van der Waals surface area (Å²) in [7, 11) is 0. The van der Waals surface area contributed by atoms with Crippen LogP contribution in [0.4, 0.5) is 5.95 Å². The van der Waals surface area contributed by atoms with E-state index >= 15 is 0 Å². The largest absolute Gasteiger partial charge is 0.369 e. The quantitative estimate of drug-likeness (QED) is 0.727. The molecule has 0 saturated carbocycles. The minimum Gasteiger partial charge on any atom is -0.369 e. The summed E-state index contributed by atoms with van der Waals surface area (Å²) in [5.41, 5.74) is 9.66. The van der Waals surface area contributed by atoms with Crippen LogP contribution in [0.1, 0.15) is 5.69 Å². The molecule has 0 radical (unpaired) electrons. The van der Waals surface area contributed by atoms with Gasteiger partial charge in [0.25, 0.3) is 0 Å². The summed E-state index contributed by atoms with van der Waals surface area (Å²) in [6, 6.07) is 12.0. The first-order chi connectivity index (χ1) is 9.20. The molecular weight excluding hydrogens is 256 g/mol. The van der Waals surface area contributed by atoms with Crippen molar-refractivity contribution in [2.75, 3.05) is 12.0 Å². The van der Waals surface area contributed by atoms with Crippen molar-refractivity contribution >= 4 is 28.9 Å². The van der Waals surface area contributed by atoms with Crippen LogP contribution in [0.15, 0.2) is 41.3 Å². The van der Waals surface area contributed by atoms with E-state index in [1.165, 1.54) is 0 Å². The minimum absolute atomic E-state index is 0.467. The van der Waals surface area contributed by atoms with E-state index in [1.807, 2.05) is 48.1 Å². The molecule has 0 aliphatic heterocycles. The molecule has 0 saturated heterocycles. The van der Waals surface area contributed by atoms with E-state index in [2.05, 4.69) is 16.0 Å². The molecule has 3 aromatic rings. The van der Waals surface area contributed by atoms with E-state index in [4.69, 9.17) is 5.73 Å². The lowest BCUT2D eigenvalue weighted by atomic mass is 10.3. The van der Waals surface area contributed by atoms with Crippen molar-refractivity contribution in [3.63, 3.8) is 0 Å². The molecule has 0 unspecified atom stereocenters. The normalized spacial score (nSPS) is 11.1. The molecule has 19 heavy (non-hydrogen) atoms. The molecule has 0 bridgehead atoms. The van der Waals surface area contributed by atoms with Crippen LogP contribution in [0.3, 0.4) is 0 Å². The fraction of sp³-hybridized carbons (Fsp3) is 0.143. The monoisotopic (exact) mass is 270 g/mol. The Kier molecular flexibility index (Phi) is 2.91. The third-order valence-electron chi connectivity index (χ3n) is 3.00. The molecule has 0 aliphatic carbocycles. The average molecular weight is 270 g/mol. The Hall–Kier alpha value is -2.01. The van der Waals surface area contributed by atoms with E-state index in [9.17, 15) is 0 Å². The summed E-state index contributed by atoms with van der Waals surface area (Å²) < 4.78 is 1.91. The number of imidazole rings is 1. The number of rotatable bonds is 2. The maximum absolute atomic E-state index is 6.06. The molecule has 0 atom stereocenters. The Morgan fingerprint density at radius 3 is 2.68 bits per heavy atom. The maximum atomic E-state index is 6.06. The van der Waals surface area contributed by atoms with Gasteiger partial charge in [-0.1, -0.05) is 12.1 Å². The predicted molar refractivity (Wildman–Crippen MR) is 79.8 cm³/mol. The Morgan fingerprint density at radius 1 is 1.11 bits per heavy atom. The number of aryl methyl sites for hydroxylation is 1. The highest BCUT2D eigenvalue weighted by Crippen LogP contribution is 2.28. The molecule has 5 heteroatoms. The first-order valence-corrected chi connectivity index (χ1v) is 7.18. The molecule has 3 rings (SSSR count). The van der Waals surface area contributed by atoms with Gasteiger partial charge in [-0.2, -0.15) is 0 Å². The van der Waals surface area contributed by atoms with Crippen molar-refractivity contribution in [2.24, 2.45) is 0 Å². The molecule has 0 fully saturated rings. The van der Waals surface area contributed by atoms with Crippen LogP contribution in [0.2, 0.25) is 0 Å². The van der Waals surface area contributed by atoms with Gasteiger partial charge in [0.2, 0.25) is 5.95 Å². The molecule has 2 heterocycles. The fourth-order valence-electron chi connectivity index (χ4n) is 2.12. The highest BCUT2D eigenvalue weighted by atomic mass is 32.2. The van der Waals surface area contributed by atoms with Crippen LogP contribution in [0, 0.1) is 6.92 Å². The van der Waals surface area contributed by atoms with Gasteiger partial charge in [-0.3, -0.25) is 4.57 Å². The standard InChI is InChI=1S/C14H14N4S/c1-9-7-8-10-13(16-9)18(14(15)17-10)11-5-3-4-6-12(11)19-2/h3-8H,1-2H3,(H2,15,17). The smallest absolute Gasteiger partial charge is 0.207 e. The lowest BCUT2D eigenvalue weighted by Crippen LogP contribution is -2.03. The highest BCUT2D eigenvalue weighted by Gasteiger charge is 2.13. The molecule has 1 aromatic carbocycles. The average Bonchev–Trinajstić information content (AvgIpc) is 2.74. The fourth-order valence-corrected chi connectivity index (χ4v) is 2.70. The number of nitrogens with two attached hydrogens (primary N) is 1. The van der Waals surface area contributed by atoms with Crippen molar-refractivity contribution in [1.82, 2.24) is 14.5 Å². The van der Waals surface area contributed by atoms with Gasteiger partial charge in [0.15, 0.2) is 5.65 Å². The van der Waals surface area contributed by atoms with Crippen LogP contribution in [-0.4, -0.2) is 20.8 Å². The summed E-state index contributed by atoms with van der Waals surface area (Å²) >= 11 is 1.68. The number of benzene rings is 1. The van der Waals surface area contributed by atoms with Crippen LogP contribution in [0.5, 0.6) is 0 Å². The van der Waals surface area contributed by atoms with Gasteiger partial charge < -0.3 is 5.73 Å². The SMILES string of the molecule is CSc1ccccc1-n1c(N)nc2ccc(C)nc21. The second-order valence-corrected chi connectivity index (χ2v) is 5.12. The number of nitrogens with zero attached hydrogens (tertiary/aromatic N) is 3. The van der Waals surface area contributed by atoms with E-state index < -0.39 is 0 Å². The van der Waals surface area contributed by atoms with Gasteiger partial charge in [-0.25, -0.2) is 9.97 Å². The second-order valence-electron chi connectivity index (χ2n) is 4.27. The Balaban J connectivity index is 2.35. The number of hydrogen-bond acceptors (Lipinski definition) is 4. The summed E-state index contributed by atoms with van der Waals surface area (Å²) in [5, 5.41) is 0. The summed E-state index contributed by atoms with van der Waals surface area (Å²) in [6.45, 7) is 1.97. The maximum Gasteiger partial charge on any atom is 0.207 e. The number of fused-ring (bicyclic) bond motifs is 1. The van der Waals surface area contributed by atoms with Crippen molar-refractivity contribution in [3.05, 3.63) is 42.1 Å². The number of aromatic nitrogens is 3. The Morgan fingerprint density at radius 2 is 1.89 bits per heavy atom. The Labute approximate surface area is 115 Å². The van der Waals surface area contributed by atoms with E-state index in [0.29, 0.717) is 5.95 Å². The zero-order valence-electron chi connectivity index (χ0n) is 10.8. The zero-order chi connectivity index (χ0) is 13.4. The van der Waals surface area contributed by atoms with Crippen LogP contribution in [-0.2, 0) is 0 Å². The number of thioether (sulfide) groups is 1. The van der Waals surface area contributed by atoms with Gasteiger partial charge in [0.05, 0.1) is 5.69 Å². The van der Waals surface area contributed by atoms with E-state index in [1.54, 1.807) is 11.8 Å². The summed E-state index contributed by atoms with van der Waals surface area (Å²) in [6.07, 6.45) is 2.05. The number of hydrogen-bond donors (Lipinski definition) is 1. The molecule has 4 nitrogen and oxygen atoms in total. The molecule has 2 aromatic heterocycles. The number of nitrogen functional groups attached to an aromatic ring is 1.